The average Bonchev–Trinajstić information content (AvgIpc) is 2.57. The van der Waals surface area contributed by atoms with Crippen LogP contribution in [0.2, 0.25) is 5.02 Å². The van der Waals surface area contributed by atoms with Gasteiger partial charge in [-0.25, -0.2) is 0 Å². The van der Waals surface area contributed by atoms with E-state index in [0.717, 1.165) is 35.2 Å². The van der Waals surface area contributed by atoms with Crippen molar-refractivity contribution in [2.24, 2.45) is 0 Å². The zero-order chi connectivity index (χ0) is 17.7. The molecule has 0 radical (unpaired) electrons. The van der Waals surface area contributed by atoms with Gasteiger partial charge in [0, 0.05) is 10.7 Å². The number of hydrogen-bond acceptors (Lipinski definition) is 2. The second-order valence-electron chi connectivity index (χ2n) is 5.82. The third kappa shape index (κ3) is 4.30. The largest absolute Gasteiger partial charge is 0.481 e. The van der Waals surface area contributed by atoms with Gasteiger partial charge in [0.15, 0.2) is 6.10 Å². The molecule has 1 atom stereocenters. The highest BCUT2D eigenvalue weighted by Gasteiger charge is 2.18. The maximum Gasteiger partial charge on any atom is 0.265 e. The third-order valence-corrected chi connectivity index (χ3v) is 4.29. The Labute approximate surface area is 149 Å². The molecule has 0 aliphatic rings. The van der Waals surface area contributed by atoms with Crippen LogP contribution in [0, 0.1) is 6.92 Å². The van der Waals surface area contributed by atoms with Crippen LogP contribution in [-0.2, 0) is 17.6 Å². The van der Waals surface area contributed by atoms with E-state index in [4.69, 9.17) is 16.3 Å². The van der Waals surface area contributed by atoms with Crippen LogP contribution in [0.1, 0.15) is 37.5 Å². The van der Waals surface area contributed by atoms with Gasteiger partial charge in [-0.3, -0.25) is 4.79 Å². The van der Waals surface area contributed by atoms with E-state index < -0.39 is 6.10 Å². The number of anilines is 1. The smallest absolute Gasteiger partial charge is 0.265 e. The van der Waals surface area contributed by atoms with Crippen LogP contribution in [0.25, 0.3) is 0 Å². The fraction of sp³-hybridized carbons (Fsp3) is 0.350. The topological polar surface area (TPSA) is 38.3 Å². The lowest BCUT2D eigenvalue weighted by atomic mass is 10.0. The van der Waals surface area contributed by atoms with Crippen molar-refractivity contribution in [1.82, 2.24) is 0 Å². The van der Waals surface area contributed by atoms with Crippen molar-refractivity contribution in [3.63, 3.8) is 0 Å². The summed E-state index contributed by atoms with van der Waals surface area (Å²) >= 11 is 5.96. The van der Waals surface area contributed by atoms with Gasteiger partial charge >= 0.3 is 0 Å². The maximum atomic E-state index is 12.6. The lowest BCUT2D eigenvalue weighted by molar-refractivity contribution is -0.122. The Bertz CT molecular complexity index is 705. The number of carbonyl (C=O) groups excluding carboxylic acids is 1. The van der Waals surface area contributed by atoms with E-state index >= 15 is 0 Å². The molecule has 24 heavy (non-hydrogen) atoms. The van der Waals surface area contributed by atoms with E-state index in [1.54, 1.807) is 19.1 Å². The second-order valence-corrected chi connectivity index (χ2v) is 6.25. The normalized spacial score (nSPS) is 11.9. The Hall–Kier alpha value is -2.00. The first-order chi connectivity index (χ1) is 11.5. The third-order valence-electron chi connectivity index (χ3n) is 4.06. The summed E-state index contributed by atoms with van der Waals surface area (Å²) in [5.41, 5.74) is 4.09. The summed E-state index contributed by atoms with van der Waals surface area (Å²) in [7, 11) is 0. The summed E-state index contributed by atoms with van der Waals surface area (Å²) in [6.45, 7) is 7.83. The van der Waals surface area contributed by atoms with Crippen molar-refractivity contribution in [2.45, 2.75) is 46.6 Å². The maximum absolute atomic E-state index is 12.6. The van der Waals surface area contributed by atoms with Crippen molar-refractivity contribution in [3.05, 3.63) is 58.1 Å². The summed E-state index contributed by atoms with van der Waals surface area (Å²) in [6.07, 6.45) is 1.14. The van der Waals surface area contributed by atoms with E-state index in [0.29, 0.717) is 10.8 Å². The number of halogens is 1. The number of ether oxygens (including phenoxy) is 1. The molecule has 3 nitrogen and oxygen atoms in total. The fourth-order valence-electron chi connectivity index (χ4n) is 2.62. The average molecular weight is 346 g/mol. The molecule has 0 bridgehead atoms. The molecule has 2 rings (SSSR count). The first-order valence-electron chi connectivity index (χ1n) is 8.30. The van der Waals surface area contributed by atoms with Crippen LogP contribution >= 0.6 is 11.6 Å². The molecule has 128 valence electrons. The SMILES string of the molecule is CCc1cccc(CC)c1NC(=O)C(C)Oc1ccc(Cl)cc1C. The molecule has 1 N–H and O–H groups in total. The first kappa shape index (κ1) is 18.3. The minimum Gasteiger partial charge on any atom is -0.481 e. The second kappa shape index (κ2) is 8.20. The number of nitrogens with one attached hydrogen (secondary N) is 1. The number of rotatable bonds is 6. The molecule has 4 heteroatoms. The number of amides is 1. The summed E-state index contributed by atoms with van der Waals surface area (Å²) in [5, 5.41) is 3.70. The predicted octanol–water partition coefficient (Wildman–Crippen LogP) is 5.18. The van der Waals surface area contributed by atoms with E-state index in [2.05, 4.69) is 19.2 Å². The minimum atomic E-state index is -0.598. The van der Waals surface area contributed by atoms with Crippen molar-refractivity contribution in [2.75, 3.05) is 5.32 Å². The molecule has 0 fully saturated rings. The van der Waals surface area contributed by atoms with Crippen molar-refractivity contribution in [1.29, 1.82) is 0 Å². The van der Waals surface area contributed by atoms with Crippen molar-refractivity contribution >= 4 is 23.2 Å². The molecule has 0 saturated heterocycles. The van der Waals surface area contributed by atoms with Crippen LogP contribution in [-0.4, -0.2) is 12.0 Å². The van der Waals surface area contributed by atoms with Crippen LogP contribution in [0.3, 0.4) is 0 Å². The van der Waals surface area contributed by atoms with Crippen molar-refractivity contribution in [3.8, 4) is 5.75 Å². The monoisotopic (exact) mass is 345 g/mol. The molecular weight excluding hydrogens is 322 g/mol. The van der Waals surface area contributed by atoms with Gasteiger partial charge in [0.25, 0.3) is 5.91 Å². The molecule has 0 aliphatic carbocycles. The molecule has 2 aromatic rings. The molecule has 0 saturated carbocycles. The molecule has 1 unspecified atom stereocenters. The van der Waals surface area contributed by atoms with Crippen molar-refractivity contribution < 1.29 is 9.53 Å². The number of benzene rings is 2. The van der Waals surface area contributed by atoms with Crippen LogP contribution in [0.4, 0.5) is 5.69 Å². The minimum absolute atomic E-state index is 0.153. The van der Waals surface area contributed by atoms with E-state index in [1.165, 1.54) is 0 Å². The molecule has 2 aromatic carbocycles. The summed E-state index contributed by atoms with van der Waals surface area (Å²) < 4.78 is 5.81. The van der Waals surface area contributed by atoms with Crippen LogP contribution < -0.4 is 10.1 Å². The molecule has 1 amide bonds. The lowest BCUT2D eigenvalue weighted by Crippen LogP contribution is -2.31. The number of carbonyl (C=O) groups is 1. The van der Waals surface area contributed by atoms with Gasteiger partial charge in [-0.2, -0.15) is 0 Å². The Morgan fingerprint density at radius 3 is 2.33 bits per heavy atom. The Morgan fingerprint density at radius 1 is 1.17 bits per heavy atom. The molecule has 0 spiro atoms. The van der Waals surface area contributed by atoms with Gasteiger partial charge in [-0.05, 0) is 61.6 Å². The number of aryl methyl sites for hydroxylation is 3. The van der Waals surface area contributed by atoms with Gasteiger partial charge < -0.3 is 10.1 Å². The highest BCUT2D eigenvalue weighted by Crippen LogP contribution is 2.25. The first-order valence-corrected chi connectivity index (χ1v) is 8.68. The fourth-order valence-corrected chi connectivity index (χ4v) is 2.84. The predicted molar refractivity (Wildman–Crippen MR) is 100 cm³/mol. The standard InChI is InChI=1S/C20H24ClNO2/c1-5-15-8-7-9-16(6-2)19(15)22-20(23)14(4)24-18-11-10-17(21)12-13(18)3/h7-12,14H,5-6H2,1-4H3,(H,22,23). The molecule has 0 heterocycles. The van der Waals surface area contributed by atoms with Gasteiger partial charge in [0.2, 0.25) is 0 Å². The Balaban J connectivity index is 2.15. The number of hydrogen-bond donors (Lipinski definition) is 1. The summed E-state index contributed by atoms with van der Waals surface area (Å²) in [4.78, 5) is 12.6. The van der Waals surface area contributed by atoms with Gasteiger partial charge in [0.05, 0.1) is 0 Å². The van der Waals surface area contributed by atoms with Gasteiger partial charge in [-0.1, -0.05) is 43.6 Å². The molecule has 0 aliphatic heterocycles. The Kier molecular flexibility index (Phi) is 6.27. The van der Waals surface area contributed by atoms with Crippen LogP contribution in [0.5, 0.6) is 5.75 Å². The zero-order valence-corrected chi connectivity index (χ0v) is 15.4. The van der Waals surface area contributed by atoms with Gasteiger partial charge in [0.1, 0.15) is 5.75 Å². The van der Waals surface area contributed by atoms with E-state index in [-0.39, 0.29) is 5.91 Å². The molecular formula is C20H24ClNO2. The Morgan fingerprint density at radius 2 is 1.79 bits per heavy atom. The summed E-state index contributed by atoms with van der Waals surface area (Å²) in [6, 6.07) is 11.5. The van der Waals surface area contributed by atoms with E-state index in [9.17, 15) is 4.79 Å². The molecule has 0 aromatic heterocycles. The van der Waals surface area contributed by atoms with Crippen LogP contribution in [0.15, 0.2) is 36.4 Å². The van der Waals surface area contributed by atoms with Gasteiger partial charge in [-0.15, -0.1) is 0 Å². The van der Waals surface area contributed by atoms with E-state index in [1.807, 2.05) is 31.2 Å². The summed E-state index contributed by atoms with van der Waals surface area (Å²) in [5.74, 6) is 0.515. The lowest BCUT2D eigenvalue weighted by Gasteiger charge is -2.19. The highest BCUT2D eigenvalue weighted by atomic mass is 35.5. The highest BCUT2D eigenvalue weighted by molar-refractivity contribution is 6.30. The number of para-hydroxylation sites is 1. The zero-order valence-electron chi connectivity index (χ0n) is 14.7. The quantitative estimate of drug-likeness (QED) is 0.783.